The number of aliphatic imine (C=N–C) groups is 1. The van der Waals surface area contributed by atoms with Crippen LogP contribution in [0.5, 0.6) is 0 Å². The number of hydrogen-bond acceptors (Lipinski definition) is 2. The number of hydrogen-bond donors (Lipinski definition) is 0. The van der Waals surface area contributed by atoms with Crippen molar-refractivity contribution in [2.45, 2.75) is 39.5 Å². The summed E-state index contributed by atoms with van der Waals surface area (Å²) < 4.78 is 0. The van der Waals surface area contributed by atoms with E-state index in [0.29, 0.717) is 11.8 Å². The zero-order valence-electron chi connectivity index (χ0n) is 15.3. The molecule has 126 valence electrons. The SMILES string of the molecule is CCC(C)/C(=C\C(=NC)C1CCN(C)CC1)Cc1ccccc1. The van der Waals surface area contributed by atoms with Crippen LogP contribution in [-0.4, -0.2) is 37.8 Å². The summed E-state index contributed by atoms with van der Waals surface area (Å²) in [7, 11) is 4.18. The summed E-state index contributed by atoms with van der Waals surface area (Å²) in [6.07, 6.45) is 7.11. The molecule has 1 aliphatic rings. The van der Waals surface area contributed by atoms with Crippen LogP contribution in [0.15, 0.2) is 47.0 Å². The van der Waals surface area contributed by atoms with Gasteiger partial charge in [0.2, 0.25) is 0 Å². The van der Waals surface area contributed by atoms with Crippen LogP contribution < -0.4 is 0 Å². The molecule has 2 nitrogen and oxygen atoms in total. The van der Waals surface area contributed by atoms with Gasteiger partial charge in [-0.3, -0.25) is 4.99 Å². The Labute approximate surface area is 142 Å². The zero-order valence-corrected chi connectivity index (χ0v) is 15.3. The van der Waals surface area contributed by atoms with Gasteiger partial charge in [-0.2, -0.15) is 0 Å². The van der Waals surface area contributed by atoms with Crippen LogP contribution in [0.25, 0.3) is 0 Å². The third-order valence-corrected chi connectivity index (χ3v) is 5.22. The topological polar surface area (TPSA) is 15.6 Å². The van der Waals surface area contributed by atoms with Crippen LogP contribution in [0.2, 0.25) is 0 Å². The first-order chi connectivity index (χ1) is 11.1. The van der Waals surface area contributed by atoms with E-state index in [2.05, 4.69) is 67.2 Å². The molecule has 1 aromatic carbocycles. The van der Waals surface area contributed by atoms with Crippen LogP contribution in [0, 0.1) is 11.8 Å². The van der Waals surface area contributed by atoms with Gasteiger partial charge in [-0.25, -0.2) is 0 Å². The van der Waals surface area contributed by atoms with E-state index in [1.54, 1.807) is 0 Å². The molecule has 0 N–H and O–H groups in total. The average Bonchev–Trinajstić information content (AvgIpc) is 2.59. The Hall–Kier alpha value is -1.41. The molecule has 1 saturated heterocycles. The summed E-state index contributed by atoms with van der Waals surface area (Å²) in [6.45, 7) is 7.00. The largest absolute Gasteiger partial charge is 0.306 e. The molecule has 1 aliphatic heterocycles. The minimum Gasteiger partial charge on any atom is -0.306 e. The lowest BCUT2D eigenvalue weighted by molar-refractivity contribution is 0.252. The van der Waals surface area contributed by atoms with Gasteiger partial charge in [0.15, 0.2) is 0 Å². The van der Waals surface area contributed by atoms with Crippen molar-refractivity contribution in [1.29, 1.82) is 0 Å². The second-order valence-corrected chi connectivity index (χ2v) is 6.92. The Morgan fingerprint density at radius 2 is 1.91 bits per heavy atom. The van der Waals surface area contributed by atoms with Crippen molar-refractivity contribution in [3.63, 3.8) is 0 Å². The van der Waals surface area contributed by atoms with Crippen LogP contribution in [-0.2, 0) is 6.42 Å². The molecule has 1 fully saturated rings. The first-order valence-corrected chi connectivity index (χ1v) is 9.03. The molecule has 23 heavy (non-hydrogen) atoms. The van der Waals surface area contributed by atoms with E-state index >= 15 is 0 Å². The molecule has 0 aromatic heterocycles. The summed E-state index contributed by atoms with van der Waals surface area (Å²) in [5.74, 6) is 1.24. The standard InChI is InChI=1S/C21H32N2/c1-5-17(2)20(15-18-9-7-6-8-10-18)16-21(22-3)19-11-13-23(4)14-12-19/h6-10,16-17,19H,5,11-15H2,1-4H3/b20-16-,22-21?. The van der Waals surface area contributed by atoms with Crippen LogP contribution in [0.1, 0.15) is 38.7 Å². The molecular weight excluding hydrogens is 280 g/mol. The van der Waals surface area contributed by atoms with E-state index in [1.165, 1.54) is 49.2 Å². The van der Waals surface area contributed by atoms with Gasteiger partial charge in [-0.1, -0.05) is 49.8 Å². The van der Waals surface area contributed by atoms with Gasteiger partial charge in [0.1, 0.15) is 0 Å². The molecule has 2 heteroatoms. The second kappa shape index (κ2) is 9.02. The molecule has 1 atom stereocenters. The number of piperidine rings is 1. The molecule has 0 spiro atoms. The van der Waals surface area contributed by atoms with Crippen molar-refractivity contribution >= 4 is 5.71 Å². The van der Waals surface area contributed by atoms with Crippen molar-refractivity contribution in [2.75, 3.05) is 27.2 Å². The number of benzene rings is 1. The maximum Gasteiger partial charge on any atom is 0.0376 e. The lowest BCUT2D eigenvalue weighted by atomic mass is 9.86. The van der Waals surface area contributed by atoms with Gasteiger partial charge >= 0.3 is 0 Å². The highest BCUT2D eigenvalue weighted by Gasteiger charge is 2.21. The molecule has 1 heterocycles. The monoisotopic (exact) mass is 312 g/mol. The molecule has 0 radical (unpaired) electrons. The first-order valence-electron chi connectivity index (χ1n) is 9.03. The van der Waals surface area contributed by atoms with E-state index in [-0.39, 0.29) is 0 Å². The van der Waals surface area contributed by atoms with Gasteiger partial charge in [0.25, 0.3) is 0 Å². The molecular formula is C21H32N2. The molecule has 1 unspecified atom stereocenters. The predicted molar refractivity (Wildman–Crippen MR) is 101 cm³/mol. The minimum absolute atomic E-state index is 0.609. The zero-order chi connectivity index (χ0) is 16.7. The molecule has 1 aromatic rings. The van der Waals surface area contributed by atoms with E-state index in [0.717, 1.165) is 6.42 Å². The van der Waals surface area contributed by atoms with Gasteiger partial charge in [-0.05, 0) is 63.4 Å². The summed E-state index contributed by atoms with van der Waals surface area (Å²) in [6, 6.07) is 10.8. The van der Waals surface area contributed by atoms with E-state index in [9.17, 15) is 0 Å². The van der Waals surface area contributed by atoms with E-state index in [1.807, 2.05) is 7.05 Å². The summed E-state index contributed by atoms with van der Waals surface area (Å²) in [5, 5.41) is 0. The van der Waals surface area contributed by atoms with Crippen LogP contribution >= 0.6 is 0 Å². The van der Waals surface area contributed by atoms with Gasteiger partial charge in [-0.15, -0.1) is 0 Å². The fourth-order valence-electron chi connectivity index (χ4n) is 3.32. The Bertz CT molecular complexity index is 522. The highest BCUT2D eigenvalue weighted by atomic mass is 15.1. The van der Waals surface area contributed by atoms with Gasteiger partial charge in [0.05, 0.1) is 0 Å². The van der Waals surface area contributed by atoms with Crippen LogP contribution in [0.4, 0.5) is 0 Å². The second-order valence-electron chi connectivity index (χ2n) is 6.92. The van der Waals surface area contributed by atoms with Crippen LogP contribution in [0.3, 0.4) is 0 Å². The Balaban J connectivity index is 2.17. The van der Waals surface area contributed by atoms with Crippen molar-refractivity contribution in [2.24, 2.45) is 16.8 Å². The maximum atomic E-state index is 4.66. The third kappa shape index (κ3) is 5.31. The molecule has 0 amide bonds. The fraction of sp³-hybridized carbons (Fsp3) is 0.571. The van der Waals surface area contributed by atoms with Gasteiger partial charge < -0.3 is 4.90 Å². The maximum absolute atomic E-state index is 4.66. The highest BCUT2D eigenvalue weighted by molar-refractivity contribution is 5.97. The Morgan fingerprint density at radius 3 is 2.48 bits per heavy atom. The van der Waals surface area contributed by atoms with E-state index < -0.39 is 0 Å². The van der Waals surface area contributed by atoms with E-state index in [4.69, 9.17) is 0 Å². The third-order valence-electron chi connectivity index (χ3n) is 5.22. The molecule has 0 aliphatic carbocycles. The first kappa shape index (κ1) is 17.9. The number of rotatable bonds is 6. The number of nitrogens with zero attached hydrogens (tertiary/aromatic N) is 2. The molecule has 0 saturated carbocycles. The Morgan fingerprint density at radius 1 is 1.26 bits per heavy atom. The average molecular weight is 313 g/mol. The van der Waals surface area contributed by atoms with Crippen molar-refractivity contribution in [1.82, 2.24) is 4.90 Å². The smallest absolute Gasteiger partial charge is 0.0376 e. The van der Waals surface area contributed by atoms with Gasteiger partial charge in [0, 0.05) is 18.7 Å². The molecule has 0 bridgehead atoms. The van der Waals surface area contributed by atoms with Crippen molar-refractivity contribution in [3.05, 3.63) is 47.5 Å². The predicted octanol–water partition coefficient (Wildman–Crippen LogP) is 4.61. The fourth-order valence-corrected chi connectivity index (χ4v) is 3.32. The number of allylic oxidation sites excluding steroid dienone is 2. The summed E-state index contributed by atoms with van der Waals surface area (Å²) >= 11 is 0. The lowest BCUT2D eigenvalue weighted by Crippen LogP contribution is -2.33. The minimum atomic E-state index is 0.609. The summed E-state index contributed by atoms with van der Waals surface area (Å²) in [4.78, 5) is 7.08. The highest BCUT2D eigenvalue weighted by Crippen LogP contribution is 2.24. The quantitative estimate of drug-likeness (QED) is 0.700. The lowest BCUT2D eigenvalue weighted by Gasteiger charge is -2.29. The summed E-state index contributed by atoms with van der Waals surface area (Å²) in [5.41, 5.74) is 4.24. The normalized spacial score (nSPS) is 19.8. The number of likely N-dealkylation sites (tertiary alicyclic amines) is 1. The van der Waals surface area contributed by atoms with Crippen molar-refractivity contribution < 1.29 is 0 Å². The van der Waals surface area contributed by atoms with Crippen molar-refractivity contribution in [3.8, 4) is 0 Å². The molecule has 2 rings (SSSR count). The Kier molecular flexibility index (Phi) is 7.04.